The third-order valence-electron chi connectivity index (χ3n) is 4.37. The third kappa shape index (κ3) is 4.53. The minimum Gasteiger partial charge on any atom is -0.271 e. The molecule has 0 heterocycles. The van der Waals surface area contributed by atoms with Crippen LogP contribution in [-0.4, -0.2) is 12.0 Å². The standard InChI is InChI=1S/C16H24F2N2/c17-16(18)11-9-14(10-12-16)15(20-19)8-4-7-13-5-2-1-3-6-13/h1-3,5-6,14-15,20H,4,7-12,19H2. The number of nitrogens with two attached hydrogens (primary N) is 1. The van der Waals surface area contributed by atoms with E-state index in [0.29, 0.717) is 12.8 Å². The predicted molar refractivity (Wildman–Crippen MR) is 77.4 cm³/mol. The van der Waals surface area contributed by atoms with Gasteiger partial charge in [-0.05, 0) is 43.6 Å². The summed E-state index contributed by atoms with van der Waals surface area (Å²) in [7, 11) is 0. The Morgan fingerprint density at radius 1 is 1.20 bits per heavy atom. The van der Waals surface area contributed by atoms with Gasteiger partial charge in [-0.2, -0.15) is 0 Å². The van der Waals surface area contributed by atoms with Gasteiger partial charge >= 0.3 is 0 Å². The lowest BCUT2D eigenvalue weighted by Gasteiger charge is -2.33. The molecule has 0 amide bonds. The van der Waals surface area contributed by atoms with E-state index in [9.17, 15) is 8.78 Å². The Morgan fingerprint density at radius 3 is 2.45 bits per heavy atom. The second-order valence-corrected chi connectivity index (χ2v) is 5.84. The fourth-order valence-electron chi connectivity index (χ4n) is 3.09. The van der Waals surface area contributed by atoms with Gasteiger partial charge in [0.15, 0.2) is 0 Å². The van der Waals surface area contributed by atoms with Crippen molar-refractivity contribution in [2.24, 2.45) is 11.8 Å². The summed E-state index contributed by atoms with van der Waals surface area (Å²) in [5.74, 6) is 3.44. The van der Waals surface area contributed by atoms with Gasteiger partial charge in [0.2, 0.25) is 5.92 Å². The summed E-state index contributed by atoms with van der Waals surface area (Å²) in [5.41, 5.74) is 4.16. The highest BCUT2D eigenvalue weighted by atomic mass is 19.3. The molecule has 0 saturated heterocycles. The Kier molecular flexibility index (Phi) is 5.49. The van der Waals surface area contributed by atoms with Gasteiger partial charge in [0.25, 0.3) is 0 Å². The highest BCUT2D eigenvalue weighted by Crippen LogP contribution is 2.38. The molecule has 0 radical (unpaired) electrons. The topological polar surface area (TPSA) is 38.0 Å². The van der Waals surface area contributed by atoms with Crippen LogP contribution in [0.1, 0.15) is 44.1 Å². The Bertz CT molecular complexity index is 385. The van der Waals surface area contributed by atoms with Crippen molar-refractivity contribution in [3.63, 3.8) is 0 Å². The summed E-state index contributed by atoms with van der Waals surface area (Å²) in [6.45, 7) is 0. The van der Waals surface area contributed by atoms with E-state index in [-0.39, 0.29) is 24.8 Å². The molecular formula is C16H24F2N2. The smallest absolute Gasteiger partial charge is 0.248 e. The number of rotatable bonds is 6. The average Bonchev–Trinajstić information content (AvgIpc) is 2.45. The van der Waals surface area contributed by atoms with Crippen LogP contribution in [0.5, 0.6) is 0 Å². The van der Waals surface area contributed by atoms with E-state index in [1.807, 2.05) is 18.2 Å². The van der Waals surface area contributed by atoms with Crippen LogP contribution in [0.4, 0.5) is 8.78 Å². The number of hydrogen-bond donors (Lipinski definition) is 2. The second kappa shape index (κ2) is 7.14. The molecule has 1 aromatic carbocycles. The largest absolute Gasteiger partial charge is 0.271 e. The molecule has 2 rings (SSSR count). The first-order valence-electron chi connectivity index (χ1n) is 7.48. The van der Waals surface area contributed by atoms with Crippen molar-refractivity contribution in [1.82, 2.24) is 5.43 Å². The lowest BCUT2D eigenvalue weighted by Crippen LogP contribution is -2.43. The van der Waals surface area contributed by atoms with Gasteiger partial charge in [-0.25, -0.2) is 8.78 Å². The van der Waals surface area contributed by atoms with E-state index in [0.717, 1.165) is 19.3 Å². The van der Waals surface area contributed by atoms with Crippen molar-refractivity contribution in [3.05, 3.63) is 35.9 Å². The molecule has 0 spiro atoms. The average molecular weight is 282 g/mol. The maximum atomic E-state index is 13.2. The van der Waals surface area contributed by atoms with Crippen LogP contribution < -0.4 is 11.3 Å². The van der Waals surface area contributed by atoms with Crippen LogP contribution in [0, 0.1) is 5.92 Å². The molecule has 1 saturated carbocycles. The highest BCUT2D eigenvalue weighted by molar-refractivity contribution is 5.14. The van der Waals surface area contributed by atoms with Crippen LogP contribution in [-0.2, 0) is 6.42 Å². The zero-order valence-corrected chi connectivity index (χ0v) is 11.8. The second-order valence-electron chi connectivity index (χ2n) is 5.84. The van der Waals surface area contributed by atoms with E-state index in [2.05, 4.69) is 17.6 Å². The molecule has 3 N–H and O–H groups in total. The SMILES string of the molecule is NNC(CCCc1ccccc1)C1CCC(F)(F)CC1. The quantitative estimate of drug-likeness (QED) is 0.617. The fourth-order valence-corrected chi connectivity index (χ4v) is 3.09. The maximum Gasteiger partial charge on any atom is 0.248 e. The Labute approximate surface area is 119 Å². The van der Waals surface area contributed by atoms with Gasteiger partial charge in [-0.1, -0.05) is 30.3 Å². The van der Waals surface area contributed by atoms with E-state index >= 15 is 0 Å². The molecule has 2 nitrogen and oxygen atoms in total. The maximum absolute atomic E-state index is 13.2. The van der Waals surface area contributed by atoms with E-state index in [1.165, 1.54) is 5.56 Å². The van der Waals surface area contributed by atoms with E-state index in [4.69, 9.17) is 5.84 Å². The summed E-state index contributed by atoms with van der Waals surface area (Å²) in [6, 6.07) is 10.5. The Morgan fingerprint density at radius 2 is 1.85 bits per heavy atom. The fraction of sp³-hybridized carbons (Fsp3) is 0.625. The van der Waals surface area contributed by atoms with Crippen molar-refractivity contribution < 1.29 is 8.78 Å². The van der Waals surface area contributed by atoms with E-state index in [1.54, 1.807) is 0 Å². The van der Waals surface area contributed by atoms with Gasteiger partial charge in [0.05, 0.1) is 0 Å². The number of hydrazine groups is 1. The number of hydrogen-bond acceptors (Lipinski definition) is 2. The van der Waals surface area contributed by atoms with Gasteiger partial charge in [-0.3, -0.25) is 11.3 Å². The van der Waals surface area contributed by atoms with Crippen molar-refractivity contribution in [1.29, 1.82) is 0 Å². The van der Waals surface area contributed by atoms with Crippen molar-refractivity contribution in [3.8, 4) is 0 Å². The van der Waals surface area contributed by atoms with Gasteiger partial charge in [0, 0.05) is 18.9 Å². The van der Waals surface area contributed by atoms with Crippen molar-refractivity contribution >= 4 is 0 Å². The summed E-state index contributed by atoms with van der Waals surface area (Å²) in [5, 5.41) is 0. The molecule has 1 unspecified atom stereocenters. The zero-order chi connectivity index (χ0) is 14.4. The first-order chi connectivity index (χ1) is 9.61. The van der Waals surface area contributed by atoms with Gasteiger partial charge in [0.1, 0.15) is 0 Å². The highest BCUT2D eigenvalue weighted by Gasteiger charge is 2.37. The van der Waals surface area contributed by atoms with Gasteiger partial charge < -0.3 is 0 Å². The first kappa shape index (κ1) is 15.4. The molecule has 1 aliphatic carbocycles. The third-order valence-corrected chi connectivity index (χ3v) is 4.37. The number of nitrogens with one attached hydrogen (secondary N) is 1. The molecule has 4 heteroatoms. The lowest BCUT2D eigenvalue weighted by molar-refractivity contribution is -0.0499. The van der Waals surface area contributed by atoms with Crippen molar-refractivity contribution in [2.45, 2.75) is 56.9 Å². The number of benzene rings is 1. The van der Waals surface area contributed by atoms with Crippen LogP contribution in [0.15, 0.2) is 30.3 Å². The van der Waals surface area contributed by atoms with Crippen LogP contribution >= 0.6 is 0 Å². The number of halogens is 2. The first-order valence-corrected chi connectivity index (χ1v) is 7.48. The molecule has 1 aromatic rings. The lowest BCUT2D eigenvalue weighted by atomic mass is 9.80. The number of aryl methyl sites for hydroxylation is 1. The molecule has 1 aliphatic rings. The monoisotopic (exact) mass is 282 g/mol. The summed E-state index contributed by atoms with van der Waals surface area (Å²) < 4.78 is 26.3. The normalized spacial score (nSPS) is 20.8. The minimum atomic E-state index is -2.46. The van der Waals surface area contributed by atoms with Crippen LogP contribution in [0.2, 0.25) is 0 Å². The molecule has 0 bridgehead atoms. The molecule has 20 heavy (non-hydrogen) atoms. The molecule has 0 aromatic heterocycles. The van der Waals surface area contributed by atoms with Gasteiger partial charge in [-0.15, -0.1) is 0 Å². The summed E-state index contributed by atoms with van der Waals surface area (Å²) in [6.07, 6.45) is 4.17. The molecule has 112 valence electrons. The minimum absolute atomic E-state index is 0.00846. The summed E-state index contributed by atoms with van der Waals surface area (Å²) >= 11 is 0. The Balaban J connectivity index is 1.75. The zero-order valence-electron chi connectivity index (χ0n) is 11.8. The van der Waals surface area contributed by atoms with Crippen LogP contribution in [0.3, 0.4) is 0 Å². The number of alkyl halides is 2. The van der Waals surface area contributed by atoms with E-state index < -0.39 is 5.92 Å². The molecular weight excluding hydrogens is 258 g/mol. The predicted octanol–water partition coefficient (Wildman–Crippen LogP) is 3.67. The summed E-state index contributed by atoms with van der Waals surface area (Å²) in [4.78, 5) is 0. The molecule has 1 atom stereocenters. The van der Waals surface area contributed by atoms with Crippen molar-refractivity contribution in [2.75, 3.05) is 0 Å². The molecule has 0 aliphatic heterocycles. The van der Waals surface area contributed by atoms with Crippen LogP contribution in [0.25, 0.3) is 0 Å². The Hall–Kier alpha value is -1.00. The molecule has 1 fully saturated rings.